The fraction of sp³-hybridized carbons (Fsp3) is 0.636. The second-order valence-corrected chi connectivity index (χ2v) is 4.29. The van der Waals surface area contributed by atoms with Crippen molar-refractivity contribution >= 4 is 5.78 Å². The van der Waals surface area contributed by atoms with Crippen molar-refractivity contribution < 1.29 is 4.79 Å². The molecule has 2 rings (SSSR count). The first-order valence-electron chi connectivity index (χ1n) is 5.48. The molecule has 4 nitrogen and oxygen atoms in total. The highest BCUT2D eigenvalue weighted by molar-refractivity contribution is 5.99. The molecule has 0 atom stereocenters. The summed E-state index contributed by atoms with van der Waals surface area (Å²) in [6.07, 6.45) is 2.53. The van der Waals surface area contributed by atoms with Gasteiger partial charge in [0.2, 0.25) is 0 Å². The molecule has 0 fully saturated rings. The lowest BCUT2D eigenvalue weighted by Crippen LogP contribution is -2.15. The van der Waals surface area contributed by atoms with Crippen LogP contribution in [0.15, 0.2) is 0 Å². The lowest BCUT2D eigenvalue weighted by Gasteiger charge is -2.15. The summed E-state index contributed by atoms with van der Waals surface area (Å²) in [5, 5.41) is 4.43. The number of hydrogen-bond acceptors (Lipinski definition) is 3. The van der Waals surface area contributed by atoms with Crippen molar-refractivity contribution in [2.24, 2.45) is 5.73 Å². The van der Waals surface area contributed by atoms with E-state index in [1.54, 1.807) is 0 Å². The first-order valence-corrected chi connectivity index (χ1v) is 5.48. The third kappa shape index (κ3) is 1.59. The number of nitrogens with zero attached hydrogens (tertiary/aromatic N) is 2. The smallest absolute Gasteiger partial charge is 0.166 e. The van der Waals surface area contributed by atoms with Gasteiger partial charge in [-0.2, -0.15) is 5.10 Å². The molecule has 0 saturated carbocycles. The van der Waals surface area contributed by atoms with Crippen LogP contribution in [0.2, 0.25) is 0 Å². The van der Waals surface area contributed by atoms with Gasteiger partial charge in [0.25, 0.3) is 0 Å². The average molecular weight is 207 g/mol. The normalized spacial score (nSPS) is 15.9. The fourth-order valence-electron chi connectivity index (χ4n) is 2.19. The summed E-state index contributed by atoms with van der Waals surface area (Å²) in [5.74, 6) is 0.212. The highest BCUT2D eigenvalue weighted by Crippen LogP contribution is 2.26. The van der Waals surface area contributed by atoms with Crippen LogP contribution in [0.4, 0.5) is 0 Å². The molecule has 0 radical (unpaired) electrons. The van der Waals surface area contributed by atoms with Crippen molar-refractivity contribution in [1.82, 2.24) is 9.78 Å². The first-order chi connectivity index (χ1) is 7.15. The lowest BCUT2D eigenvalue weighted by molar-refractivity contribution is 0.0971. The van der Waals surface area contributed by atoms with Crippen molar-refractivity contribution in [3.05, 3.63) is 17.0 Å². The summed E-state index contributed by atoms with van der Waals surface area (Å²) in [4.78, 5) is 11.8. The summed E-state index contributed by atoms with van der Waals surface area (Å²) in [6, 6.07) is 0.296. The highest BCUT2D eigenvalue weighted by atomic mass is 16.1. The molecule has 0 spiro atoms. The zero-order valence-electron chi connectivity index (χ0n) is 9.29. The number of hydrogen-bond donors (Lipinski definition) is 1. The fourth-order valence-corrected chi connectivity index (χ4v) is 2.19. The van der Waals surface area contributed by atoms with Gasteiger partial charge < -0.3 is 5.73 Å². The van der Waals surface area contributed by atoms with E-state index in [2.05, 4.69) is 18.9 Å². The average Bonchev–Trinajstić information content (AvgIpc) is 2.58. The van der Waals surface area contributed by atoms with Gasteiger partial charge in [-0.1, -0.05) is 0 Å². The molecule has 1 aliphatic rings. The molecule has 1 aromatic heterocycles. The van der Waals surface area contributed by atoms with Gasteiger partial charge in [-0.15, -0.1) is 0 Å². The summed E-state index contributed by atoms with van der Waals surface area (Å²) >= 11 is 0. The Hall–Kier alpha value is -1.16. The standard InChI is InChI=1S/C11H17N3O/c1-7(2)14-9-4-3-5-10(15)11(9)8(6-12)13-14/h7H,3-6,12H2,1-2H3. The Balaban J connectivity index is 2.57. The molecule has 4 heteroatoms. The van der Waals surface area contributed by atoms with Crippen molar-refractivity contribution in [2.75, 3.05) is 0 Å². The van der Waals surface area contributed by atoms with Crippen LogP contribution < -0.4 is 5.73 Å². The molecule has 0 bridgehead atoms. The first kappa shape index (κ1) is 10.4. The number of Topliss-reactive ketones (excluding diaryl/α,β-unsaturated/α-hetero) is 1. The monoisotopic (exact) mass is 207 g/mol. The zero-order chi connectivity index (χ0) is 11.0. The molecule has 0 aromatic carbocycles. The van der Waals surface area contributed by atoms with Crippen LogP contribution in [0, 0.1) is 0 Å². The van der Waals surface area contributed by atoms with Crippen LogP contribution in [0.5, 0.6) is 0 Å². The number of nitrogens with two attached hydrogens (primary N) is 1. The van der Waals surface area contributed by atoms with Gasteiger partial charge in [0, 0.05) is 24.7 Å². The van der Waals surface area contributed by atoms with Gasteiger partial charge in [-0.05, 0) is 26.7 Å². The summed E-state index contributed by atoms with van der Waals surface area (Å²) < 4.78 is 1.95. The number of carbonyl (C=O) groups excluding carboxylic acids is 1. The van der Waals surface area contributed by atoms with Crippen LogP contribution in [0.3, 0.4) is 0 Å². The predicted octanol–water partition coefficient (Wildman–Crippen LogP) is 1.44. The number of rotatable bonds is 2. The molecule has 15 heavy (non-hydrogen) atoms. The van der Waals surface area contributed by atoms with Gasteiger partial charge in [0.05, 0.1) is 11.3 Å². The Kier molecular flexibility index (Phi) is 2.61. The topological polar surface area (TPSA) is 60.9 Å². The van der Waals surface area contributed by atoms with Crippen LogP contribution in [-0.4, -0.2) is 15.6 Å². The Bertz CT molecular complexity index is 393. The molecule has 0 amide bonds. The quantitative estimate of drug-likeness (QED) is 0.798. The molecule has 1 aromatic rings. The Morgan fingerprint density at radius 2 is 2.20 bits per heavy atom. The molecule has 0 saturated heterocycles. The second kappa shape index (κ2) is 3.77. The zero-order valence-corrected chi connectivity index (χ0v) is 9.29. The van der Waals surface area contributed by atoms with Gasteiger partial charge in [0.1, 0.15) is 0 Å². The third-order valence-electron chi connectivity index (χ3n) is 2.86. The van der Waals surface area contributed by atoms with E-state index in [1.165, 1.54) is 0 Å². The van der Waals surface area contributed by atoms with Crippen molar-refractivity contribution in [1.29, 1.82) is 0 Å². The molecule has 0 unspecified atom stereocenters. The molecule has 82 valence electrons. The largest absolute Gasteiger partial charge is 0.325 e. The van der Waals surface area contributed by atoms with Crippen molar-refractivity contribution in [3.8, 4) is 0 Å². The Labute approximate surface area is 89.5 Å². The van der Waals surface area contributed by atoms with E-state index in [9.17, 15) is 4.79 Å². The highest BCUT2D eigenvalue weighted by Gasteiger charge is 2.26. The van der Waals surface area contributed by atoms with Crippen LogP contribution in [-0.2, 0) is 13.0 Å². The number of aromatic nitrogens is 2. The van der Waals surface area contributed by atoms with E-state index >= 15 is 0 Å². The number of carbonyl (C=O) groups is 1. The minimum Gasteiger partial charge on any atom is -0.325 e. The molecular formula is C11H17N3O. The molecular weight excluding hydrogens is 190 g/mol. The van der Waals surface area contributed by atoms with Gasteiger partial charge in [-0.25, -0.2) is 0 Å². The van der Waals surface area contributed by atoms with E-state index in [-0.39, 0.29) is 5.78 Å². The van der Waals surface area contributed by atoms with Crippen LogP contribution in [0.25, 0.3) is 0 Å². The van der Waals surface area contributed by atoms with Gasteiger partial charge in [-0.3, -0.25) is 9.48 Å². The summed E-state index contributed by atoms with van der Waals surface area (Å²) in [7, 11) is 0. The second-order valence-electron chi connectivity index (χ2n) is 4.29. The Morgan fingerprint density at radius 3 is 2.80 bits per heavy atom. The SMILES string of the molecule is CC(C)n1nc(CN)c2c1CCCC2=O. The van der Waals surface area contributed by atoms with E-state index in [0.717, 1.165) is 29.8 Å². The predicted molar refractivity (Wildman–Crippen MR) is 57.8 cm³/mol. The van der Waals surface area contributed by atoms with Crippen LogP contribution >= 0.6 is 0 Å². The minimum absolute atomic E-state index is 0.212. The summed E-state index contributed by atoms with van der Waals surface area (Å²) in [6.45, 7) is 4.51. The third-order valence-corrected chi connectivity index (χ3v) is 2.86. The van der Waals surface area contributed by atoms with Crippen LogP contribution in [0.1, 0.15) is 54.5 Å². The van der Waals surface area contributed by atoms with Crippen molar-refractivity contribution in [2.45, 2.75) is 45.7 Å². The molecule has 1 heterocycles. The number of ketones is 1. The Morgan fingerprint density at radius 1 is 1.47 bits per heavy atom. The maximum Gasteiger partial charge on any atom is 0.166 e. The number of fused-ring (bicyclic) bond motifs is 1. The van der Waals surface area contributed by atoms with E-state index in [0.29, 0.717) is 19.0 Å². The van der Waals surface area contributed by atoms with Gasteiger partial charge >= 0.3 is 0 Å². The minimum atomic E-state index is 0.212. The molecule has 2 N–H and O–H groups in total. The van der Waals surface area contributed by atoms with Gasteiger partial charge in [0.15, 0.2) is 5.78 Å². The van der Waals surface area contributed by atoms with Crippen molar-refractivity contribution in [3.63, 3.8) is 0 Å². The molecule has 0 aliphatic heterocycles. The maximum absolute atomic E-state index is 11.8. The maximum atomic E-state index is 11.8. The molecule has 1 aliphatic carbocycles. The summed E-state index contributed by atoms with van der Waals surface area (Å²) in [5.41, 5.74) is 8.28. The van der Waals surface area contributed by atoms with E-state index < -0.39 is 0 Å². The van der Waals surface area contributed by atoms with E-state index in [1.807, 2.05) is 4.68 Å². The lowest BCUT2D eigenvalue weighted by atomic mass is 9.94. The van der Waals surface area contributed by atoms with E-state index in [4.69, 9.17) is 5.73 Å².